The van der Waals surface area contributed by atoms with Gasteiger partial charge in [-0.3, -0.25) is 24.0 Å². The Morgan fingerprint density at radius 2 is 1.46 bits per heavy atom. The SMILES string of the molecule is CC(=O)Nc1ccc(N2C(=O)[C@H]3[C@@H](C2=O)C2(O[C@H]3c3ccc(Br)cc3)C(=O)c3ccccc3C2=O)cc1. The third kappa shape index (κ3) is 3.27. The van der Waals surface area contributed by atoms with Gasteiger partial charge in [-0.15, -0.1) is 0 Å². The highest BCUT2D eigenvalue weighted by Crippen LogP contribution is 2.57. The summed E-state index contributed by atoms with van der Waals surface area (Å²) in [7, 11) is 0. The Morgan fingerprint density at radius 1 is 0.865 bits per heavy atom. The molecule has 2 fully saturated rings. The number of imide groups is 1. The number of nitrogens with zero attached hydrogens (tertiary/aromatic N) is 1. The summed E-state index contributed by atoms with van der Waals surface area (Å²) in [4.78, 5) is 67.7. The molecule has 3 amide bonds. The van der Waals surface area contributed by atoms with Crippen LogP contribution in [0.1, 0.15) is 39.3 Å². The van der Waals surface area contributed by atoms with Crippen molar-refractivity contribution in [3.8, 4) is 0 Å². The van der Waals surface area contributed by atoms with Crippen LogP contribution in [-0.4, -0.2) is 34.9 Å². The van der Waals surface area contributed by atoms with Gasteiger partial charge in [-0.2, -0.15) is 0 Å². The molecule has 1 aliphatic carbocycles. The van der Waals surface area contributed by atoms with Crippen molar-refractivity contribution in [3.05, 3.63) is 94.0 Å². The predicted molar refractivity (Wildman–Crippen MR) is 136 cm³/mol. The fourth-order valence-corrected chi connectivity index (χ4v) is 5.89. The van der Waals surface area contributed by atoms with E-state index < -0.39 is 46.9 Å². The van der Waals surface area contributed by atoms with E-state index >= 15 is 0 Å². The van der Waals surface area contributed by atoms with Crippen LogP contribution in [0, 0.1) is 11.8 Å². The van der Waals surface area contributed by atoms with Gasteiger partial charge in [0, 0.05) is 28.2 Å². The van der Waals surface area contributed by atoms with Crippen LogP contribution in [0.4, 0.5) is 11.4 Å². The maximum Gasteiger partial charge on any atom is 0.241 e. The first-order chi connectivity index (χ1) is 17.7. The number of hydrogen-bond acceptors (Lipinski definition) is 6. The van der Waals surface area contributed by atoms with Crippen molar-refractivity contribution in [2.24, 2.45) is 11.8 Å². The summed E-state index contributed by atoms with van der Waals surface area (Å²) in [5.41, 5.74) is -0.403. The molecule has 3 aromatic carbocycles. The second-order valence-corrected chi connectivity index (χ2v) is 10.2. The molecular formula is C28H19BrN2O6. The third-order valence-corrected chi connectivity index (χ3v) is 7.69. The molecule has 0 aromatic heterocycles. The Morgan fingerprint density at radius 3 is 2.03 bits per heavy atom. The zero-order valence-electron chi connectivity index (χ0n) is 19.4. The van der Waals surface area contributed by atoms with Gasteiger partial charge in [0.2, 0.25) is 34.9 Å². The molecule has 3 aromatic rings. The van der Waals surface area contributed by atoms with Crippen molar-refractivity contribution in [3.63, 3.8) is 0 Å². The zero-order chi connectivity index (χ0) is 26.1. The number of ether oxygens (including phenoxy) is 1. The lowest BCUT2D eigenvalue weighted by molar-refractivity contribution is -0.127. The van der Waals surface area contributed by atoms with Crippen LogP contribution in [0.25, 0.3) is 0 Å². The van der Waals surface area contributed by atoms with Crippen molar-refractivity contribution in [1.82, 2.24) is 0 Å². The molecule has 2 heterocycles. The van der Waals surface area contributed by atoms with E-state index in [9.17, 15) is 24.0 Å². The molecule has 1 spiro atoms. The lowest BCUT2D eigenvalue weighted by Crippen LogP contribution is -2.51. The van der Waals surface area contributed by atoms with Crippen LogP contribution in [0.5, 0.6) is 0 Å². The summed E-state index contributed by atoms with van der Waals surface area (Å²) in [6, 6.07) is 19.6. The first-order valence-electron chi connectivity index (χ1n) is 11.6. The van der Waals surface area contributed by atoms with E-state index in [1.165, 1.54) is 31.2 Å². The highest BCUT2D eigenvalue weighted by atomic mass is 79.9. The van der Waals surface area contributed by atoms with Crippen LogP contribution < -0.4 is 10.2 Å². The lowest BCUT2D eigenvalue weighted by atomic mass is 9.77. The molecule has 2 saturated heterocycles. The number of rotatable bonds is 3. The number of fused-ring (bicyclic) bond motifs is 3. The van der Waals surface area contributed by atoms with Gasteiger partial charge in [0.05, 0.1) is 23.6 Å². The quantitative estimate of drug-likeness (QED) is 0.382. The van der Waals surface area contributed by atoms with Gasteiger partial charge in [-0.05, 0) is 42.0 Å². The average molecular weight is 559 g/mol. The number of benzene rings is 3. The van der Waals surface area contributed by atoms with Crippen molar-refractivity contribution in [1.29, 1.82) is 0 Å². The second kappa shape index (κ2) is 8.29. The van der Waals surface area contributed by atoms with E-state index in [4.69, 9.17) is 4.74 Å². The Balaban J connectivity index is 1.48. The number of anilines is 2. The maximum absolute atomic E-state index is 13.9. The zero-order valence-corrected chi connectivity index (χ0v) is 21.0. The van der Waals surface area contributed by atoms with Gasteiger partial charge in [0.1, 0.15) is 0 Å². The van der Waals surface area contributed by atoms with Crippen LogP contribution >= 0.6 is 15.9 Å². The molecular weight excluding hydrogens is 540 g/mol. The number of halogens is 1. The molecule has 6 rings (SSSR count). The molecule has 2 aliphatic heterocycles. The van der Waals surface area contributed by atoms with Gasteiger partial charge in [0.15, 0.2) is 0 Å². The maximum atomic E-state index is 13.9. The van der Waals surface area contributed by atoms with Crippen molar-refractivity contribution < 1.29 is 28.7 Å². The number of ketones is 2. The van der Waals surface area contributed by atoms with Crippen LogP contribution in [0.2, 0.25) is 0 Å². The molecule has 8 nitrogen and oxygen atoms in total. The van der Waals surface area contributed by atoms with Crippen LogP contribution in [-0.2, 0) is 19.1 Å². The summed E-state index contributed by atoms with van der Waals surface area (Å²) < 4.78 is 7.07. The standard InChI is InChI=1S/C28H19BrN2O6/c1-14(32)30-17-10-12-18(13-11-17)31-26(35)21-22(27(31)36)28(37-23(21)15-6-8-16(29)9-7-15)24(33)19-4-2-3-5-20(19)25(28)34/h2-13,21-23H,1H3,(H,30,32)/t21-,22-,23-/m0/s1. The Kier molecular flexibility index (Phi) is 5.25. The van der Waals surface area contributed by atoms with E-state index in [0.717, 1.165) is 9.37 Å². The number of nitrogens with one attached hydrogen (secondary N) is 1. The van der Waals surface area contributed by atoms with E-state index in [1.807, 2.05) is 0 Å². The normalized spacial score (nSPS) is 23.5. The highest BCUT2D eigenvalue weighted by molar-refractivity contribution is 9.10. The molecule has 0 unspecified atom stereocenters. The topological polar surface area (TPSA) is 110 Å². The monoisotopic (exact) mass is 558 g/mol. The third-order valence-electron chi connectivity index (χ3n) is 7.16. The molecule has 184 valence electrons. The highest BCUT2D eigenvalue weighted by Gasteiger charge is 2.74. The van der Waals surface area contributed by atoms with Gasteiger partial charge in [-0.25, -0.2) is 4.90 Å². The predicted octanol–water partition coefficient (Wildman–Crippen LogP) is 4.10. The summed E-state index contributed by atoms with van der Waals surface area (Å²) in [6.45, 7) is 1.37. The number of Topliss-reactive ketones (excluding diaryl/α,β-unsaturated/α-hetero) is 2. The largest absolute Gasteiger partial charge is 0.349 e. The minimum atomic E-state index is -2.12. The number of hydrogen-bond donors (Lipinski definition) is 1. The van der Waals surface area contributed by atoms with Gasteiger partial charge in [0.25, 0.3) is 0 Å². The van der Waals surface area contributed by atoms with Gasteiger partial charge in [-0.1, -0.05) is 52.3 Å². The van der Waals surface area contributed by atoms with E-state index in [2.05, 4.69) is 21.2 Å². The molecule has 37 heavy (non-hydrogen) atoms. The minimum Gasteiger partial charge on any atom is -0.349 e. The van der Waals surface area contributed by atoms with Gasteiger partial charge < -0.3 is 10.1 Å². The van der Waals surface area contributed by atoms with Crippen molar-refractivity contribution in [2.75, 3.05) is 10.2 Å². The minimum absolute atomic E-state index is 0.182. The first kappa shape index (κ1) is 23.4. The molecule has 0 radical (unpaired) electrons. The fraction of sp³-hybridized carbons (Fsp3) is 0.179. The second-order valence-electron chi connectivity index (χ2n) is 9.27. The molecule has 3 aliphatic rings. The van der Waals surface area contributed by atoms with Crippen LogP contribution in [0.3, 0.4) is 0 Å². The van der Waals surface area contributed by atoms with E-state index in [0.29, 0.717) is 11.3 Å². The molecule has 0 saturated carbocycles. The fourth-order valence-electron chi connectivity index (χ4n) is 5.62. The number of carbonyl (C=O) groups is 5. The lowest BCUT2D eigenvalue weighted by Gasteiger charge is -2.27. The van der Waals surface area contributed by atoms with E-state index in [-0.39, 0.29) is 22.7 Å². The Labute approximate surface area is 219 Å². The van der Waals surface area contributed by atoms with Crippen molar-refractivity contribution >= 4 is 56.6 Å². The van der Waals surface area contributed by atoms with Crippen molar-refractivity contribution in [2.45, 2.75) is 18.6 Å². The smallest absolute Gasteiger partial charge is 0.241 e. The van der Waals surface area contributed by atoms with E-state index in [1.54, 1.807) is 48.5 Å². The number of amides is 3. The van der Waals surface area contributed by atoms with Crippen LogP contribution in [0.15, 0.2) is 77.3 Å². The number of carbonyl (C=O) groups excluding carboxylic acids is 5. The summed E-state index contributed by atoms with van der Waals surface area (Å²) in [6.07, 6.45) is -0.986. The summed E-state index contributed by atoms with van der Waals surface area (Å²) >= 11 is 3.39. The Bertz CT molecular complexity index is 1480. The first-order valence-corrected chi connectivity index (χ1v) is 12.4. The average Bonchev–Trinajstić information content (AvgIpc) is 3.45. The molecule has 9 heteroatoms. The molecule has 0 bridgehead atoms. The molecule has 3 atom stereocenters. The summed E-state index contributed by atoms with van der Waals surface area (Å²) in [5, 5.41) is 2.64. The van der Waals surface area contributed by atoms with Gasteiger partial charge >= 0.3 is 0 Å². The summed E-state index contributed by atoms with van der Waals surface area (Å²) in [5.74, 6) is -5.09. The molecule has 1 N–H and O–H groups in total. The Hall–Kier alpha value is -3.95.